The molecule has 0 saturated heterocycles. The third-order valence-corrected chi connectivity index (χ3v) is 5.18. The summed E-state index contributed by atoms with van der Waals surface area (Å²) in [4.78, 5) is 23.0. The molecule has 0 spiro atoms. The zero-order valence-corrected chi connectivity index (χ0v) is 19.2. The Morgan fingerprint density at radius 1 is 0.833 bits per heavy atom. The number of nitrogens with one attached hydrogen (secondary N) is 1. The van der Waals surface area contributed by atoms with Gasteiger partial charge in [0.05, 0.1) is 0 Å². The van der Waals surface area contributed by atoms with E-state index in [0.717, 1.165) is 25.7 Å². The number of allylic oxidation sites excluding steroid dienone is 4. The SMILES string of the molecule is CCCCC/C=C\C/C=C\CCCCCCCCCC(=O)N[C@@H](CCCN)C(=O)O. The lowest BCUT2D eigenvalue weighted by Gasteiger charge is -2.13. The van der Waals surface area contributed by atoms with Gasteiger partial charge in [0.1, 0.15) is 6.04 Å². The Labute approximate surface area is 184 Å². The van der Waals surface area contributed by atoms with Gasteiger partial charge in [0.15, 0.2) is 0 Å². The Morgan fingerprint density at radius 2 is 1.40 bits per heavy atom. The molecule has 0 rings (SSSR count). The van der Waals surface area contributed by atoms with Crippen LogP contribution in [-0.2, 0) is 9.59 Å². The molecular formula is C25H46N2O3. The second-order valence-electron chi connectivity index (χ2n) is 8.08. The number of hydrogen-bond donors (Lipinski definition) is 3. The number of carboxylic acids is 1. The van der Waals surface area contributed by atoms with Gasteiger partial charge >= 0.3 is 5.97 Å². The zero-order valence-electron chi connectivity index (χ0n) is 19.2. The third kappa shape index (κ3) is 19.7. The van der Waals surface area contributed by atoms with Crippen molar-refractivity contribution in [1.82, 2.24) is 5.32 Å². The lowest BCUT2D eigenvalue weighted by Crippen LogP contribution is -2.40. The van der Waals surface area contributed by atoms with Crippen LogP contribution in [0, 0.1) is 0 Å². The number of carbonyl (C=O) groups is 2. The minimum atomic E-state index is -0.981. The van der Waals surface area contributed by atoms with Crippen LogP contribution in [-0.4, -0.2) is 29.6 Å². The minimum Gasteiger partial charge on any atom is -0.480 e. The van der Waals surface area contributed by atoms with E-state index < -0.39 is 12.0 Å². The highest BCUT2D eigenvalue weighted by Crippen LogP contribution is 2.10. The van der Waals surface area contributed by atoms with Crippen LogP contribution >= 0.6 is 0 Å². The van der Waals surface area contributed by atoms with Gasteiger partial charge in [-0.15, -0.1) is 0 Å². The highest BCUT2D eigenvalue weighted by atomic mass is 16.4. The van der Waals surface area contributed by atoms with Gasteiger partial charge in [-0.05, 0) is 57.9 Å². The zero-order chi connectivity index (χ0) is 22.3. The quantitative estimate of drug-likeness (QED) is 0.159. The first kappa shape index (κ1) is 28.4. The van der Waals surface area contributed by atoms with Crippen LogP contribution < -0.4 is 11.1 Å². The second kappa shape index (κ2) is 22.1. The van der Waals surface area contributed by atoms with Crippen LogP contribution in [0.4, 0.5) is 0 Å². The minimum absolute atomic E-state index is 0.165. The standard InChI is InChI=1S/C25H46N2O3/c1-2-3-4-5-6-7-8-9-10-11-12-13-14-15-16-17-18-21-24(28)27-23(25(29)30)20-19-22-26/h6-7,9-10,23H,2-5,8,11-22,26H2,1H3,(H,27,28)(H,29,30)/b7-6-,10-9-/t23-/m0/s1. The molecule has 5 nitrogen and oxygen atoms in total. The van der Waals surface area contributed by atoms with Crippen molar-refractivity contribution in [3.63, 3.8) is 0 Å². The molecule has 174 valence electrons. The highest BCUT2D eigenvalue weighted by Gasteiger charge is 2.18. The maximum atomic E-state index is 11.9. The molecule has 0 aromatic carbocycles. The van der Waals surface area contributed by atoms with E-state index >= 15 is 0 Å². The molecule has 0 aliphatic carbocycles. The molecule has 1 atom stereocenters. The van der Waals surface area contributed by atoms with Gasteiger partial charge in [0.2, 0.25) is 5.91 Å². The molecular weight excluding hydrogens is 376 g/mol. The largest absolute Gasteiger partial charge is 0.480 e. The van der Waals surface area contributed by atoms with Gasteiger partial charge in [-0.25, -0.2) is 4.79 Å². The molecule has 1 amide bonds. The number of hydrogen-bond acceptors (Lipinski definition) is 3. The summed E-state index contributed by atoms with van der Waals surface area (Å²) >= 11 is 0. The van der Waals surface area contributed by atoms with Crippen molar-refractivity contribution >= 4 is 11.9 Å². The van der Waals surface area contributed by atoms with Gasteiger partial charge in [0.25, 0.3) is 0 Å². The van der Waals surface area contributed by atoms with Crippen molar-refractivity contribution < 1.29 is 14.7 Å². The van der Waals surface area contributed by atoms with Crippen LogP contribution in [0.15, 0.2) is 24.3 Å². The highest BCUT2D eigenvalue weighted by molar-refractivity contribution is 5.83. The maximum absolute atomic E-state index is 11.9. The van der Waals surface area contributed by atoms with Crippen molar-refractivity contribution in [2.24, 2.45) is 5.73 Å². The van der Waals surface area contributed by atoms with Crippen molar-refractivity contribution in [1.29, 1.82) is 0 Å². The van der Waals surface area contributed by atoms with E-state index in [1.54, 1.807) is 0 Å². The number of nitrogens with two attached hydrogens (primary N) is 1. The number of carboxylic acid groups (broad SMARTS) is 1. The van der Waals surface area contributed by atoms with Crippen LogP contribution in [0.3, 0.4) is 0 Å². The predicted octanol–water partition coefficient (Wildman–Crippen LogP) is 5.89. The summed E-state index contributed by atoms with van der Waals surface area (Å²) in [5.74, 6) is -1.15. The summed E-state index contributed by atoms with van der Waals surface area (Å²) in [6.07, 6.45) is 25.9. The maximum Gasteiger partial charge on any atom is 0.326 e. The van der Waals surface area contributed by atoms with Gasteiger partial charge in [0, 0.05) is 6.42 Å². The number of rotatable bonds is 21. The molecule has 0 aromatic heterocycles. The summed E-state index contributed by atoms with van der Waals surface area (Å²) in [5.41, 5.74) is 5.40. The number of carbonyl (C=O) groups excluding carboxylic acids is 1. The van der Waals surface area contributed by atoms with E-state index in [4.69, 9.17) is 10.8 Å². The van der Waals surface area contributed by atoms with Crippen molar-refractivity contribution in [2.45, 2.75) is 116 Å². The van der Waals surface area contributed by atoms with Crippen LogP contribution in [0.2, 0.25) is 0 Å². The Kier molecular flexibility index (Phi) is 20.9. The summed E-state index contributed by atoms with van der Waals surface area (Å²) in [7, 11) is 0. The van der Waals surface area contributed by atoms with Crippen LogP contribution in [0.25, 0.3) is 0 Å². The molecule has 4 N–H and O–H groups in total. The summed E-state index contributed by atoms with van der Waals surface area (Å²) in [5, 5.41) is 11.7. The molecule has 0 fully saturated rings. The molecule has 0 bridgehead atoms. The van der Waals surface area contributed by atoms with E-state index in [0.29, 0.717) is 25.8 Å². The van der Waals surface area contributed by atoms with Gasteiger partial charge in [-0.3, -0.25) is 4.79 Å². The molecule has 0 aliphatic rings. The Bertz CT molecular complexity index is 475. The topological polar surface area (TPSA) is 92.4 Å². The molecule has 5 heteroatoms. The molecule has 30 heavy (non-hydrogen) atoms. The summed E-state index contributed by atoms with van der Waals surface area (Å²) in [6, 6.07) is -0.808. The molecule has 0 radical (unpaired) electrons. The fourth-order valence-electron chi connectivity index (χ4n) is 3.30. The summed E-state index contributed by atoms with van der Waals surface area (Å²) in [6.45, 7) is 2.67. The van der Waals surface area contributed by atoms with E-state index in [1.165, 1.54) is 57.8 Å². The Morgan fingerprint density at radius 3 is 1.97 bits per heavy atom. The number of aliphatic carboxylic acids is 1. The lowest BCUT2D eigenvalue weighted by molar-refractivity contribution is -0.142. The smallest absolute Gasteiger partial charge is 0.326 e. The predicted molar refractivity (Wildman–Crippen MR) is 126 cm³/mol. The fourth-order valence-corrected chi connectivity index (χ4v) is 3.30. The van der Waals surface area contributed by atoms with E-state index in [2.05, 4.69) is 36.5 Å². The van der Waals surface area contributed by atoms with Crippen molar-refractivity contribution in [3.8, 4) is 0 Å². The van der Waals surface area contributed by atoms with Crippen LogP contribution in [0.5, 0.6) is 0 Å². The van der Waals surface area contributed by atoms with E-state index in [-0.39, 0.29) is 5.91 Å². The molecule has 0 aliphatic heterocycles. The van der Waals surface area contributed by atoms with Crippen molar-refractivity contribution in [2.75, 3.05) is 6.54 Å². The first-order valence-corrected chi connectivity index (χ1v) is 12.1. The van der Waals surface area contributed by atoms with E-state index in [1.807, 2.05) is 0 Å². The number of unbranched alkanes of at least 4 members (excludes halogenated alkanes) is 10. The third-order valence-electron chi connectivity index (χ3n) is 5.18. The molecule has 0 heterocycles. The van der Waals surface area contributed by atoms with Gasteiger partial charge in [-0.2, -0.15) is 0 Å². The normalized spacial score (nSPS) is 12.6. The second-order valence-corrected chi connectivity index (χ2v) is 8.08. The average molecular weight is 423 g/mol. The average Bonchev–Trinajstić information content (AvgIpc) is 2.73. The van der Waals surface area contributed by atoms with Gasteiger partial charge in [-0.1, -0.05) is 76.2 Å². The Balaban J connectivity index is 3.48. The van der Waals surface area contributed by atoms with Crippen LogP contribution in [0.1, 0.15) is 110 Å². The molecule has 0 saturated carbocycles. The monoisotopic (exact) mass is 422 g/mol. The number of amides is 1. The first-order chi connectivity index (χ1) is 14.6. The Hall–Kier alpha value is -1.62. The first-order valence-electron chi connectivity index (χ1n) is 12.1. The molecule has 0 unspecified atom stereocenters. The summed E-state index contributed by atoms with van der Waals surface area (Å²) < 4.78 is 0. The molecule has 0 aromatic rings. The van der Waals surface area contributed by atoms with Crippen molar-refractivity contribution in [3.05, 3.63) is 24.3 Å². The van der Waals surface area contributed by atoms with Gasteiger partial charge < -0.3 is 16.2 Å². The van der Waals surface area contributed by atoms with E-state index in [9.17, 15) is 9.59 Å². The lowest BCUT2D eigenvalue weighted by atomic mass is 10.1. The fraction of sp³-hybridized carbons (Fsp3) is 0.760.